The number of hydrogen-bond donors (Lipinski definition) is 0. The van der Waals surface area contributed by atoms with Gasteiger partial charge in [-0.25, -0.2) is 8.42 Å². The Hall–Kier alpha value is -1.11. The minimum Gasteiger partial charge on any atom is -0.340 e. The van der Waals surface area contributed by atoms with E-state index in [4.69, 9.17) is 11.6 Å². The zero-order valence-electron chi connectivity index (χ0n) is 12.4. The molecule has 1 aromatic carbocycles. The van der Waals surface area contributed by atoms with E-state index in [1.54, 1.807) is 23.1 Å². The van der Waals surface area contributed by atoms with E-state index in [9.17, 15) is 13.2 Å². The molecule has 0 bridgehead atoms. The largest absolute Gasteiger partial charge is 0.340 e. The molecule has 2 aliphatic rings. The maximum atomic E-state index is 12.6. The van der Waals surface area contributed by atoms with Gasteiger partial charge in [-0.3, -0.25) is 4.79 Å². The monoisotopic (exact) mass is 342 g/mol. The summed E-state index contributed by atoms with van der Waals surface area (Å²) < 4.78 is 26.6. The normalized spacial score (nSPS) is 26.0. The van der Waals surface area contributed by atoms with Crippen molar-refractivity contribution < 1.29 is 13.2 Å². The number of carbonyl (C=O) groups is 1. The maximum absolute atomic E-state index is 12.6. The van der Waals surface area contributed by atoms with Gasteiger partial charge >= 0.3 is 0 Å². The van der Waals surface area contributed by atoms with Crippen molar-refractivity contribution in [2.75, 3.05) is 26.2 Å². The molecule has 1 aromatic rings. The molecule has 120 valence electrons. The first-order chi connectivity index (χ1) is 10.4. The van der Waals surface area contributed by atoms with Crippen LogP contribution in [0, 0.1) is 11.8 Å². The summed E-state index contributed by atoms with van der Waals surface area (Å²) in [6.45, 7) is 3.66. The summed E-state index contributed by atoms with van der Waals surface area (Å²) in [6.07, 6.45) is 0.958. The smallest absolute Gasteiger partial charge is 0.243 e. The standard InChI is InChI=1S/C15H19ClN2O3S/c1-11-9-14(11)15(19)17-5-7-18(8-6-17)22(20,21)13-4-2-3-12(16)10-13/h2-4,10-11,14H,5-9H2,1H3. The highest BCUT2D eigenvalue weighted by molar-refractivity contribution is 7.89. The molecule has 2 unspecified atom stereocenters. The molecule has 0 spiro atoms. The zero-order valence-corrected chi connectivity index (χ0v) is 14.0. The molecule has 0 radical (unpaired) electrons. The fourth-order valence-corrected chi connectivity index (χ4v) is 4.55. The Balaban J connectivity index is 1.67. The van der Waals surface area contributed by atoms with Crippen LogP contribution in [0.5, 0.6) is 0 Å². The van der Waals surface area contributed by atoms with Crippen molar-refractivity contribution in [1.82, 2.24) is 9.21 Å². The predicted octanol–water partition coefficient (Wildman–Crippen LogP) is 1.83. The quantitative estimate of drug-likeness (QED) is 0.842. The van der Waals surface area contributed by atoms with Crippen LogP contribution in [0.2, 0.25) is 5.02 Å². The van der Waals surface area contributed by atoms with Crippen molar-refractivity contribution in [1.29, 1.82) is 0 Å². The first-order valence-corrected chi connectivity index (χ1v) is 9.26. The second-order valence-electron chi connectivity index (χ2n) is 6.01. The highest BCUT2D eigenvalue weighted by Crippen LogP contribution is 2.39. The van der Waals surface area contributed by atoms with Crippen LogP contribution in [-0.4, -0.2) is 49.7 Å². The van der Waals surface area contributed by atoms with Gasteiger partial charge in [0.05, 0.1) is 4.90 Å². The lowest BCUT2D eigenvalue weighted by atomic mass is 10.2. The Morgan fingerprint density at radius 3 is 2.41 bits per heavy atom. The van der Waals surface area contributed by atoms with Gasteiger partial charge in [0, 0.05) is 37.1 Å². The maximum Gasteiger partial charge on any atom is 0.243 e. The van der Waals surface area contributed by atoms with Crippen LogP contribution in [-0.2, 0) is 14.8 Å². The molecule has 22 heavy (non-hydrogen) atoms. The zero-order chi connectivity index (χ0) is 15.9. The van der Waals surface area contributed by atoms with Crippen LogP contribution in [0.1, 0.15) is 13.3 Å². The van der Waals surface area contributed by atoms with E-state index in [1.165, 1.54) is 10.4 Å². The second kappa shape index (κ2) is 5.83. The molecule has 1 aliphatic heterocycles. The molecule has 1 aliphatic carbocycles. The van der Waals surface area contributed by atoms with Crippen LogP contribution < -0.4 is 0 Å². The molecule has 1 amide bonds. The van der Waals surface area contributed by atoms with Crippen LogP contribution in [0.25, 0.3) is 0 Å². The highest BCUT2D eigenvalue weighted by atomic mass is 35.5. The van der Waals surface area contributed by atoms with E-state index in [2.05, 4.69) is 6.92 Å². The predicted molar refractivity (Wildman–Crippen MR) is 84.1 cm³/mol. The molecule has 0 aromatic heterocycles. The van der Waals surface area contributed by atoms with Gasteiger partial charge in [0.25, 0.3) is 0 Å². The van der Waals surface area contributed by atoms with E-state index in [1.807, 2.05) is 0 Å². The number of amides is 1. The molecule has 1 heterocycles. The van der Waals surface area contributed by atoms with Crippen molar-refractivity contribution in [2.24, 2.45) is 11.8 Å². The molecule has 2 atom stereocenters. The summed E-state index contributed by atoms with van der Waals surface area (Å²) in [4.78, 5) is 14.2. The van der Waals surface area contributed by atoms with Crippen LogP contribution in [0.3, 0.4) is 0 Å². The number of hydrogen-bond acceptors (Lipinski definition) is 3. The number of benzene rings is 1. The lowest BCUT2D eigenvalue weighted by Crippen LogP contribution is -2.51. The van der Waals surface area contributed by atoms with Gasteiger partial charge in [0.1, 0.15) is 0 Å². The summed E-state index contributed by atoms with van der Waals surface area (Å²) in [7, 11) is -3.54. The van der Waals surface area contributed by atoms with E-state index in [-0.39, 0.29) is 16.7 Å². The highest BCUT2D eigenvalue weighted by Gasteiger charge is 2.42. The van der Waals surface area contributed by atoms with Crippen molar-refractivity contribution >= 4 is 27.5 Å². The number of carbonyl (C=O) groups excluding carboxylic acids is 1. The van der Waals surface area contributed by atoms with Crippen LogP contribution >= 0.6 is 11.6 Å². The Kier molecular flexibility index (Phi) is 4.18. The summed E-state index contributed by atoms with van der Waals surface area (Å²) >= 11 is 5.87. The van der Waals surface area contributed by atoms with Gasteiger partial charge in [-0.1, -0.05) is 24.6 Å². The molecule has 2 fully saturated rings. The van der Waals surface area contributed by atoms with Gasteiger partial charge in [-0.05, 0) is 30.5 Å². The summed E-state index contributed by atoms with van der Waals surface area (Å²) in [5.41, 5.74) is 0. The van der Waals surface area contributed by atoms with Crippen molar-refractivity contribution in [3.05, 3.63) is 29.3 Å². The Bertz CT molecular complexity index is 684. The SMILES string of the molecule is CC1CC1C(=O)N1CCN(S(=O)(=O)c2cccc(Cl)c2)CC1. The average molecular weight is 343 g/mol. The summed E-state index contributed by atoms with van der Waals surface area (Å²) in [5, 5.41) is 0.401. The first kappa shape index (κ1) is 15.8. The van der Waals surface area contributed by atoms with Crippen molar-refractivity contribution in [3.8, 4) is 0 Å². The van der Waals surface area contributed by atoms with E-state index in [0.29, 0.717) is 37.1 Å². The third kappa shape index (κ3) is 3.00. The van der Waals surface area contributed by atoms with Gasteiger partial charge in [0.15, 0.2) is 0 Å². The molecule has 1 saturated heterocycles. The fourth-order valence-electron chi connectivity index (χ4n) is 2.83. The fraction of sp³-hybridized carbons (Fsp3) is 0.533. The summed E-state index contributed by atoms with van der Waals surface area (Å²) in [6, 6.07) is 6.28. The van der Waals surface area contributed by atoms with Crippen molar-refractivity contribution in [3.63, 3.8) is 0 Å². The second-order valence-corrected chi connectivity index (χ2v) is 8.38. The first-order valence-electron chi connectivity index (χ1n) is 7.44. The number of rotatable bonds is 3. The molecular weight excluding hydrogens is 324 g/mol. The Morgan fingerprint density at radius 1 is 1.23 bits per heavy atom. The molecule has 7 heteroatoms. The number of nitrogens with zero attached hydrogens (tertiary/aromatic N) is 2. The lowest BCUT2D eigenvalue weighted by molar-refractivity contribution is -0.134. The van der Waals surface area contributed by atoms with Crippen LogP contribution in [0.15, 0.2) is 29.2 Å². The van der Waals surface area contributed by atoms with Crippen LogP contribution in [0.4, 0.5) is 0 Å². The number of halogens is 1. The molecular formula is C15H19ClN2O3S. The van der Waals surface area contributed by atoms with E-state index in [0.717, 1.165) is 6.42 Å². The van der Waals surface area contributed by atoms with Gasteiger partial charge < -0.3 is 4.90 Å². The minimum atomic E-state index is -3.54. The Labute approximate surface area is 135 Å². The number of piperazine rings is 1. The summed E-state index contributed by atoms with van der Waals surface area (Å²) in [5.74, 6) is 0.795. The molecule has 3 rings (SSSR count). The topological polar surface area (TPSA) is 57.7 Å². The van der Waals surface area contributed by atoms with Gasteiger partial charge in [0.2, 0.25) is 15.9 Å². The Morgan fingerprint density at radius 2 is 1.86 bits per heavy atom. The lowest BCUT2D eigenvalue weighted by Gasteiger charge is -2.34. The average Bonchev–Trinajstić information content (AvgIpc) is 3.23. The molecule has 5 nitrogen and oxygen atoms in total. The third-order valence-electron chi connectivity index (χ3n) is 4.41. The molecule has 0 N–H and O–H groups in total. The van der Waals surface area contributed by atoms with E-state index >= 15 is 0 Å². The van der Waals surface area contributed by atoms with Gasteiger partial charge in [-0.15, -0.1) is 0 Å². The minimum absolute atomic E-state index is 0.149. The number of sulfonamides is 1. The third-order valence-corrected chi connectivity index (χ3v) is 6.54. The van der Waals surface area contributed by atoms with E-state index < -0.39 is 10.0 Å². The van der Waals surface area contributed by atoms with Gasteiger partial charge in [-0.2, -0.15) is 4.31 Å². The molecule has 1 saturated carbocycles. The van der Waals surface area contributed by atoms with Crippen molar-refractivity contribution in [2.45, 2.75) is 18.2 Å².